The second-order valence-electron chi connectivity index (χ2n) is 7.08. The van der Waals surface area contributed by atoms with Crippen molar-refractivity contribution < 1.29 is 4.79 Å². The van der Waals surface area contributed by atoms with E-state index in [0.29, 0.717) is 18.4 Å². The maximum absolute atomic E-state index is 12.3. The minimum absolute atomic E-state index is 0.00741. The molecule has 2 N–H and O–H groups in total. The Labute approximate surface area is 159 Å². The molecule has 0 fully saturated rings. The Bertz CT molecular complexity index is 844. The molecule has 0 radical (unpaired) electrons. The molecule has 3 nitrogen and oxygen atoms in total. The Balaban J connectivity index is 1.66. The third-order valence-electron chi connectivity index (χ3n) is 5.39. The summed E-state index contributed by atoms with van der Waals surface area (Å²) < 4.78 is 0. The molecule has 1 aliphatic heterocycles. The van der Waals surface area contributed by atoms with Crippen molar-refractivity contribution in [3.63, 3.8) is 0 Å². The number of amides is 1. The molecule has 2 aromatic rings. The largest absolute Gasteiger partial charge is 0.378 e. The van der Waals surface area contributed by atoms with E-state index >= 15 is 0 Å². The van der Waals surface area contributed by atoms with Crippen LogP contribution in [-0.2, 0) is 0 Å². The van der Waals surface area contributed by atoms with Crippen molar-refractivity contribution in [3.8, 4) is 0 Å². The topological polar surface area (TPSA) is 41.1 Å². The van der Waals surface area contributed by atoms with Crippen LogP contribution < -0.4 is 10.6 Å². The van der Waals surface area contributed by atoms with Gasteiger partial charge in [0.25, 0.3) is 5.91 Å². The summed E-state index contributed by atoms with van der Waals surface area (Å²) in [5.41, 5.74) is 4.33. The van der Waals surface area contributed by atoms with E-state index in [4.69, 9.17) is 11.6 Å². The van der Waals surface area contributed by atoms with Gasteiger partial charge in [0.15, 0.2) is 0 Å². The van der Waals surface area contributed by atoms with Crippen LogP contribution in [0.1, 0.15) is 53.2 Å². The van der Waals surface area contributed by atoms with Crippen LogP contribution >= 0.6 is 11.6 Å². The van der Waals surface area contributed by atoms with E-state index in [1.807, 2.05) is 24.3 Å². The molecule has 3 atom stereocenters. The number of carbonyl (C=O) groups excluding carboxylic acids is 1. The summed E-state index contributed by atoms with van der Waals surface area (Å²) in [5, 5.41) is 7.42. The van der Waals surface area contributed by atoms with Gasteiger partial charge in [-0.25, -0.2) is 0 Å². The van der Waals surface area contributed by atoms with Gasteiger partial charge in [-0.15, -0.1) is 0 Å². The van der Waals surface area contributed by atoms with E-state index in [1.165, 1.54) is 11.1 Å². The van der Waals surface area contributed by atoms with Gasteiger partial charge in [-0.1, -0.05) is 42.8 Å². The average Bonchev–Trinajstić information content (AvgIpc) is 3.16. The first-order valence-electron chi connectivity index (χ1n) is 9.28. The maximum Gasteiger partial charge on any atom is 0.251 e. The van der Waals surface area contributed by atoms with Crippen molar-refractivity contribution in [1.29, 1.82) is 0 Å². The molecule has 4 heteroatoms. The van der Waals surface area contributed by atoms with E-state index in [0.717, 1.165) is 29.1 Å². The molecule has 0 saturated carbocycles. The van der Waals surface area contributed by atoms with Gasteiger partial charge in [0.2, 0.25) is 0 Å². The number of halogens is 1. The van der Waals surface area contributed by atoms with Crippen molar-refractivity contribution in [3.05, 3.63) is 76.3 Å². The van der Waals surface area contributed by atoms with Gasteiger partial charge in [0.1, 0.15) is 0 Å². The Morgan fingerprint density at radius 3 is 2.81 bits per heavy atom. The minimum atomic E-state index is 0.00741. The number of hydrogen-bond donors (Lipinski definition) is 2. The van der Waals surface area contributed by atoms with Gasteiger partial charge in [0, 0.05) is 28.7 Å². The van der Waals surface area contributed by atoms with Gasteiger partial charge >= 0.3 is 0 Å². The molecular formula is C22H23ClN2O. The molecule has 1 heterocycles. The number of rotatable bonds is 4. The van der Waals surface area contributed by atoms with Gasteiger partial charge in [-0.2, -0.15) is 0 Å². The summed E-state index contributed by atoms with van der Waals surface area (Å²) >= 11 is 6.06. The number of benzene rings is 2. The van der Waals surface area contributed by atoms with Gasteiger partial charge < -0.3 is 10.6 Å². The Morgan fingerprint density at radius 1 is 1.23 bits per heavy atom. The predicted octanol–water partition coefficient (Wildman–Crippen LogP) is 5.31. The fraction of sp³-hybridized carbons (Fsp3) is 0.318. The number of allylic oxidation sites excluding steroid dienone is 2. The van der Waals surface area contributed by atoms with E-state index in [9.17, 15) is 4.79 Å². The van der Waals surface area contributed by atoms with Gasteiger partial charge in [-0.05, 0) is 60.2 Å². The summed E-state index contributed by atoms with van der Waals surface area (Å²) in [6, 6.07) is 14.4. The predicted molar refractivity (Wildman–Crippen MR) is 107 cm³/mol. The van der Waals surface area contributed by atoms with Crippen LogP contribution in [0.4, 0.5) is 5.69 Å². The lowest BCUT2D eigenvalue weighted by Crippen LogP contribution is -2.30. The van der Waals surface area contributed by atoms with Crippen molar-refractivity contribution in [1.82, 2.24) is 5.32 Å². The highest BCUT2D eigenvalue weighted by molar-refractivity contribution is 6.30. The second kappa shape index (κ2) is 7.16. The van der Waals surface area contributed by atoms with Crippen LogP contribution in [0.25, 0.3) is 0 Å². The highest BCUT2D eigenvalue weighted by atomic mass is 35.5. The fourth-order valence-corrected chi connectivity index (χ4v) is 4.20. The molecule has 2 aliphatic rings. The first-order chi connectivity index (χ1) is 12.7. The molecule has 3 unspecified atom stereocenters. The molecule has 2 aromatic carbocycles. The molecule has 0 aromatic heterocycles. The van der Waals surface area contributed by atoms with Gasteiger partial charge in [0.05, 0.1) is 6.04 Å². The van der Waals surface area contributed by atoms with Crippen LogP contribution in [0, 0.1) is 5.92 Å². The Hall–Kier alpha value is -2.26. The Morgan fingerprint density at radius 2 is 2.04 bits per heavy atom. The van der Waals surface area contributed by atoms with Crippen LogP contribution in [0.2, 0.25) is 5.02 Å². The lowest BCUT2D eigenvalue weighted by atomic mass is 9.76. The molecule has 26 heavy (non-hydrogen) atoms. The number of fused-ring (bicyclic) bond motifs is 3. The highest BCUT2D eigenvalue weighted by Gasteiger charge is 2.38. The van der Waals surface area contributed by atoms with Crippen molar-refractivity contribution in [2.75, 3.05) is 11.9 Å². The molecule has 134 valence electrons. The van der Waals surface area contributed by atoms with Crippen molar-refractivity contribution in [2.45, 2.75) is 31.7 Å². The summed E-state index contributed by atoms with van der Waals surface area (Å²) in [7, 11) is 0. The zero-order valence-corrected chi connectivity index (χ0v) is 15.6. The molecular weight excluding hydrogens is 344 g/mol. The SMILES string of the molecule is CCCNC(=O)c1ccc2c(c1)C1C=CCC1C(c1ccc(Cl)cc1)N2. The van der Waals surface area contributed by atoms with Crippen molar-refractivity contribution >= 4 is 23.2 Å². The van der Waals surface area contributed by atoms with Crippen molar-refractivity contribution in [2.24, 2.45) is 5.92 Å². The third-order valence-corrected chi connectivity index (χ3v) is 5.64. The Kier molecular flexibility index (Phi) is 4.73. The fourth-order valence-electron chi connectivity index (χ4n) is 4.08. The summed E-state index contributed by atoms with van der Waals surface area (Å²) in [4.78, 5) is 12.3. The zero-order chi connectivity index (χ0) is 18.1. The third kappa shape index (κ3) is 3.12. The lowest BCUT2D eigenvalue weighted by Gasteiger charge is -2.37. The van der Waals surface area contributed by atoms with E-state index < -0.39 is 0 Å². The monoisotopic (exact) mass is 366 g/mol. The van der Waals surface area contributed by atoms with Gasteiger partial charge in [-0.3, -0.25) is 4.79 Å². The highest BCUT2D eigenvalue weighted by Crippen LogP contribution is 2.49. The molecule has 0 saturated heterocycles. The summed E-state index contributed by atoms with van der Waals surface area (Å²) in [6.45, 7) is 2.76. The van der Waals surface area contributed by atoms with Crippen LogP contribution in [0.15, 0.2) is 54.6 Å². The number of anilines is 1. The number of nitrogens with one attached hydrogen (secondary N) is 2. The second-order valence-corrected chi connectivity index (χ2v) is 7.52. The summed E-state index contributed by atoms with van der Waals surface area (Å²) in [5.74, 6) is 0.802. The average molecular weight is 367 g/mol. The molecule has 0 bridgehead atoms. The first-order valence-corrected chi connectivity index (χ1v) is 9.66. The summed E-state index contributed by atoms with van der Waals surface area (Å²) in [6.07, 6.45) is 6.53. The maximum atomic E-state index is 12.3. The minimum Gasteiger partial charge on any atom is -0.378 e. The smallest absolute Gasteiger partial charge is 0.251 e. The van der Waals surface area contributed by atoms with Crippen LogP contribution in [0.3, 0.4) is 0 Å². The molecule has 1 amide bonds. The molecule has 0 spiro atoms. The van der Waals surface area contributed by atoms with Crippen LogP contribution in [-0.4, -0.2) is 12.5 Å². The van der Waals surface area contributed by atoms with Crippen LogP contribution in [0.5, 0.6) is 0 Å². The van der Waals surface area contributed by atoms with E-state index in [-0.39, 0.29) is 11.9 Å². The molecule has 4 rings (SSSR count). The number of hydrogen-bond acceptors (Lipinski definition) is 2. The van der Waals surface area contributed by atoms with E-state index in [2.05, 4.69) is 47.9 Å². The lowest BCUT2D eigenvalue weighted by molar-refractivity contribution is 0.0953. The number of carbonyl (C=O) groups is 1. The standard InChI is InChI=1S/C22H23ClN2O/c1-2-12-24-22(26)15-8-11-20-19(13-15)17-4-3-5-18(17)21(25-20)14-6-9-16(23)10-7-14/h3-4,6-11,13,17-18,21,25H,2,5,12H2,1H3,(H,24,26). The quantitative estimate of drug-likeness (QED) is 0.720. The first kappa shape index (κ1) is 17.2. The zero-order valence-electron chi connectivity index (χ0n) is 14.8. The normalized spacial score (nSPS) is 23.1. The molecule has 1 aliphatic carbocycles. The van der Waals surface area contributed by atoms with E-state index in [1.54, 1.807) is 0 Å².